The van der Waals surface area contributed by atoms with Gasteiger partial charge < -0.3 is 9.84 Å². The molecule has 2 aliphatic rings. The van der Waals surface area contributed by atoms with Crippen LogP contribution in [0.1, 0.15) is 56.9 Å². The Balaban J connectivity index is 2.07. The standard InChI is InChI=1S/C17H20BrFO3/c18-14-10-11(19)9-13(15(14)22-12-5-4-6-12)17(16(20)21)7-2-1-3-8-17/h9-10,12H,1-8H2,(H,20,21). The fourth-order valence-electron chi connectivity index (χ4n) is 3.44. The number of rotatable bonds is 4. The zero-order chi connectivity index (χ0) is 15.7. The highest BCUT2D eigenvalue weighted by molar-refractivity contribution is 9.10. The van der Waals surface area contributed by atoms with Crippen LogP contribution in [0.25, 0.3) is 0 Å². The highest BCUT2D eigenvalue weighted by atomic mass is 79.9. The summed E-state index contributed by atoms with van der Waals surface area (Å²) < 4.78 is 20.5. The lowest BCUT2D eigenvalue weighted by molar-refractivity contribution is -0.145. The molecule has 5 heteroatoms. The molecule has 0 spiro atoms. The van der Waals surface area contributed by atoms with Gasteiger partial charge in [-0.05, 0) is 60.2 Å². The topological polar surface area (TPSA) is 46.5 Å². The van der Waals surface area contributed by atoms with Crippen LogP contribution in [0.2, 0.25) is 0 Å². The molecule has 120 valence electrons. The number of aliphatic carboxylic acids is 1. The normalized spacial score (nSPS) is 21.2. The largest absolute Gasteiger partial charge is 0.489 e. The average molecular weight is 371 g/mol. The van der Waals surface area contributed by atoms with Crippen LogP contribution in [0.5, 0.6) is 5.75 Å². The van der Waals surface area contributed by atoms with Crippen LogP contribution >= 0.6 is 15.9 Å². The van der Waals surface area contributed by atoms with Gasteiger partial charge in [-0.1, -0.05) is 19.3 Å². The fraction of sp³-hybridized carbons (Fsp3) is 0.588. The first kappa shape index (κ1) is 15.8. The molecular formula is C17H20BrFO3. The van der Waals surface area contributed by atoms with Gasteiger partial charge in [-0.15, -0.1) is 0 Å². The Bertz CT molecular complexity index is 578. The quantitative estimate of drug-likeness (QED) is 0.827. The van der Waals surface area contributed by atoms with Crippen molar-refractivity contribution in [2.45, 2.75) is 62.9 Å². The second kappa shape index (κ2) is 6.19. The molecule has 0 saturated heterocycles. The van der Waals surface area contributed by atoms with Crippen molar-refractivity contribution in [3.63, 3.8) is 0 Å². The van der Waals surface area contributed by atoms with E-state index in [2.05, 4.69) is 15.9 Å². The molecule has 0 heterocycles. The lowest BCUT2D eigenvalue weighted by Gasteiger charge is -2.36. The molecule has 0 atom stereocenters. The van der Waals surface area contributed by atoms with E-state index in [9.17, 15) is 14.3 Å². The molecule has 0 bridgehead atoms. The number of halogens is 2. The van der Waals surface area contributed by atoms with E-state index in [4.69, 9.17) is 4.74 Å². The van der Waals surface area contributed by atoms with E-state index < -0.39 is 17.2 Å². The molecule has 2 saturated carbocycles. The van der Waals surface area contributed by atoms with Gasteiger partial charge in [0.25, 0.3) is 0 Å². The summed E-state index contributed by atoms with van der Waals surface area (Å²) in [6, 6.07) is 2.72. The molecule has 3 nitrogen and oxygen atoms in total. The monoisotopic (exact) mass is 370 g/mol. The van der Waals surface area contributed by atoms with Crippen molar-refractivity contribution in [2.75, 3.05) is 0 Å². The molecule has 0 amide bonds. The Labute approximate surface area is 138 Å². The zero-order valence-corrected chi connectivity index (χ0v) is 14.0. The minimum Gasteiger partial charge on any atom is -0.489 e. The molecule has 0 aromatic heterocycles. The van der Waals surface area contributed by atoms with Crippen molar-refractivity contribution in [3.8, 4) is 5.75 Å². The summed E-state index contributed by atoms with van der Waals surface area (Å²) in [5, 5.41) is 9.86. The van der Waals surface area contributed by atoms with E-state index in [0.29, 0.717) is 28.6 Å². The summed E-state index contributed by atoms with van der Waals surface area (Å²) in [4.78, 5) is 12.0. The third-order valence-corrected chi connectivity index (χ3v) is 5.57. The highest BCUT2D eigenvalue weighted by Gasteiger charge is 2.44. The smallest absolute Gasteiger partial charge is 0.314 e. The van der Waals surface area contributed by atoms with E-state index in [1.807, 2.05) is 0 Å². The first-order valence-corrected chi connectivity index (χ1v) is 8.72. The Morgan fingerprint density at radius 1 is 1.23 bits per heavy atom. The van der Waals surface area contributed by atoms with Gasteiger partial charge >= 0.3 is 5.97 Å². The Morgan fingerprint density at radius 3 is 2.45 bits per heavy atom. The predicted octanol–water partition coefficient (Wildman–Crippen LogP) is 4.81. The molecule has 0 radical (unpaired) electrons. The number of hydrogen-bond acceptors (Lipinski definition) is 2. The van der Waals surface area contributed by atoms with Crippen LogP contribution in [0.4, 0.5) is 4.39 Å². The van der Waals surface area contributed by atoms with Crippen molar-refractivity contribution >= 4 is 21.9 Å². The predicted molar refractivity (Wildman–Crippen MR) is 84.8 cm³/mol. The molecule has 1 aromatic carbocycles. The van der Waals surface area contributed by atoms with Gasteiger partial charge in [-0.25, -0.2) is 4.39 Å². The second-order valence-electron chi connectivity index (χ2n) is 6.38. The third kappa shape index (κ3) is 2.75. The number of carboxylic acids is 1. The minimum atomic E-state index is -1.03. The van der Waals surface area contributed by atoms with Crippen molar-refractivity contribution < 1.29 is 19.0 Å². The summed E-state index contributed by atoms with van der Waals surface area (Å²) in [6.07, 6.45) is 7.01. The molecule has 22 heavy (non-hydrogen) atoms. The van der Waals surface area contributed by atoms with Crippen molar-refractivity contribution in [2.24, 2.45) is 0 Å². The Kier molecular flexibility index (Phi) is 4.44. The van der Waals surface area contributed by atoms with Gasteiger partial charge in [-0.3, -0.25) is 4.79 Å². The van der Waals surface area contributed by atoms with E-state index in [-0.39, 0.29) is 6.10 Å². The molecule has 1 N–H and O–H groups in total. The van der Waals surface area contributed by atoms with Crippen LogP contribution in [0.3, 0.4) is 0 Å². The minimum absolute atomic E-state index is 0.120. The maximum Gasteiger partial charge on any atom is 0.314 e. The molecule has 0 aliphatic heterocycles. The van der Waals surface area contributed by atoms with Gasteiger partial charge in [0.15, 0.2) is 0 Å². The Hall–Kier alpha value is -1.10. The average Bonchev–Trinajstić information content (AvgIpc) is 2.44. The first-order chi connectivity index (χ1) is 10.5. The van der Waals surface area contributed by atoms with Crippen LogP contribution in [-0.2, 0) is 10.2 Å². The number of hydrogen-bond donors (Lipinski definition) is 1. The lowest BCUT2D eigenvalue weighted by atomic mass is 9.69. The maximum atomic E-state index is 14.0. The van der Waals surface area contributed by atoms with Crippen molar-refractivity contribution in [1.82, 2.24) is 0 Å². The highest BCUT2D eigenvalue weighted by Crippen LogP contribution is 2.47. The van der Waals surface area contributed by atoms with Crippen LogP contribution in [0.15, 0.2) is 16.6 Å². The summed E-state index contributed by atoms with van der Waals surface area (Å²) in [5.41, 5.74) is -0.527. The van der Waals surface area contributed by atoms with Gasteiger partial charge in [-0.2, -0.15) is 0 Å². The number of carboxylic acid groups (broad SMARTS) is 1. The fourth-order valence-corrected chi connectivity index (χ4v) is 3.97. The summed E-state index contributed by atoms with van der Waals surface area (Å²) in [5.74, 6) is -0.771. The van der Waals surface area contributed by atoms with Gasteiger partial charge in [0.05, 0.1) is 16.0 Å². The van der Waals surface area contributed by atoms with Crippen LogP contribution in [0, 0.1) is 5.82 Å². The molecule has 0 unspecified atom stereocenters. The number of ether oxygens (including phenoxy) is 1. The SMILES string of the molecule is O=C(O)C1(c2cc(F)cc(Br)c2OC2CCC2)CCCCC1. The Morgan fingerprint density at radius 2 is 1.91 bits per heavy atom. The summed E-state index contributed by atoms with van der Waals surface area (Å²) in [7, 11) is 0. The van der Waals surface area contributed by atoms with E-state index >= 15 is 0 Å². The van der Waals surface area contributed by atoms with Gasteiger partial charge in [0.2, 0.25) is 0 Å². The summed E-state index contributed by atoms with van der Waals surface area (Å²) in [6.45, 7) is 0. The zero-order valence-electron chi connectivity index (χ0n) is 12.4. The molecule has 2 fully saturated rings. The molecule has 2 aliphatic carbocycles. The van der Waals surface area contributed by atoms with E-state index in [1.165, 1.54) is 12.1 Å². The van der Waals surface area contributed by atoms with Crippen molar-refractivity contribution in [1.29, 1.82) is 0 Å². The lowest BCUT2D eigenvalue weighted by Crippen LogP contribution is -2.39. The van der Waals surface area contributed by atoms with E-state index in [1.54, 1.807) is 0 Å². The molecule has 1 aromatic rings. The summed E-state index contributed by atoms with van der Waals surface area (Å²) >= 11 is 3.36. The maximum absolute atomic E-state index is 14.0. The first-order valence-electron chi connectivity index (χ1n) is 7.92. The molecular weight excluding hydrogens is 351 g/mol. The number of carbonyl (C=O) groups is 1. The third-order valence-electron chi connectivity index (χ3n) is 4.98. The van der Waals surface area contributed by atoms with E-state index in [0.717, 1.165) is 38.5 Å². The molecule has 3 rings (SSSR count). The van der Waals surface area contributed by atoms with Gasteiger partial charge in [0, 0.05) is 5.56 Å². The van der Waals surface area contributed by atoms with Gasteiger partial charge in [0.1, 0.15) is 11.6 Å². The second-order valence-corrected chi connectivity index (χ2v) is 7.24. The number of benzene rings is 1. The van der Waals surface area contributed by atoms with Crippen molar-refractivity contribution in [3.05, 3.63) is 28.0 Å². The van der Waals surface area contributed by atoms with Crippen LogP contribution < -0.4 is 4.74 Å². The van der Waals surface area contributed by atoms with Crippen LogP contribution in [-0.4, -0.2) is 17.2 Å².